The Morgan fingerprint density at radius 3 is 2.90 bits per heavy atom. The average Bonchev–Trinajstić information content (AvgIpc) is 3.09. The molecule has 1 N–H and O–H groups in total. The summed E-state index contributed by atoms with van der Waals surface area (Å²) in [4.78, 5) is 19.9. The largest absolute Gasteiger partial charge is 0.326 e. The molecule has 0 radical (unpaired) electrons. The number of hydrogen-bond acceptors (Lipinski definition) is 4. The molecule has 0 bridgehead atoms. The van der Waals surface area contributed by atoms with Crippen molar-refractivity contribution in [2.75, 3.05) is 18.9 Å². The Hall–Kier alpha value is -2.97. The van der Waals surface area contributed by atoms with Crippen molar-refractivity contribution in [2.24, 2.45) is 4.99 Å². The molecule has 3 aliphatic rings. The van der Waals surface area contributed by atoms with Crippen LogP contribution >= 0.6 is 0 Å². The number of anilines is 1. The number of likely N-dealkylation sites (N-methyl/N-ethyl adjacent to an activating group) is 1. The first-order valence-corrected chi connectivity index (χ1v) is 10.8. The number of fused-ring (bicyclic) bond motifs is 2. The lowest BCUT2D eigenvalue weighted by Gasteiger charge is -2.49. The number of hydrogen-bond donors (Lipinski definition) is 1. The van der Waals surface area contributed by atoms with Crippen LogP contribution in [0.15, 0.2) is 53.5 Å². The summed E-state index contributed by atoms with van der Waals surface area (Å²) in [6, 6.07) is 18.6. The van der Waals surface area contributed by atoms with E-state index >= 15 is 0 Å². The van der Waals surface area contributed by atoms with Gasteiger partial charge in [0.2, 0.25) is 5.91 Å². The number of rotatable bonds is 4. The highest BCUT2D eigenvalue weighted by atomic mass is 16.1. The molecule has 2 aromatic rings. The van der Waals surface area contributed by atoms with Gasteiger partial charge in [0.05, 0.1) is 11.1 Å². The molecule has 5 heteroatoms. The summed E-state index contributed by atoms with van der Waals surface area (Å²) in [5.41, 5.74) is 4.41. The van der Waals surface area contributed by atoms with Gasteiger partial charge in [0.15, 0.2) is 0 Å². The van der Waals surface area contributed by atoms with Gasteiger partial charge in [0.1, 0.15) is 11.8 Å². The van der Waals surface area contributed by atoms with Gasteiger partial charge in [-0.2, -0.15) is 5.26 Å². The Labute approximate surface area is 177 Å². The number of para-hydroxylation sites is 1. The fourth-order valence-electron chi connectivity index (χ4n) is 5.82. The Bertz CT molecular complexity index is 1050. The molecule has 0 saturated carbocycles. The van der Waals surface area contributed by atoms with Gasteiger partial charge in [-0.25, -0.2) is 4.99 Å². The van der Waals surface area contributed by atoms with Gasteiger partial charge in [-0.05, 0) is 74.5 Å². The van der Waals surface area contributed by atoms with Crippen LogP contribution in [0.4, 0.5) is 11.4 Å². The summed E-state index contributed by atoms with van der Waals surface area (Å²) in [7, 11) is 2.19. The lowest BCUT2D eigenvalue weighted by Crippen LogP contribution is -2.51. The van der Waals surface area contributed by atoms with E-state index in [4.69, 9.17) is 4.99 Å². The van der Waals surface area contributed by atoms with Gasteiger partial charge in [-0.15, -0.1) is 0 Å². The first kappa shape index (κ1) is 19.0. The Morgan fingerprint density at radius 2 is 2.10 bits per heavy atom. The highest BCUT2D eigenvalue weighted by molar-refractivity contribution is 6.12. The highest BCUT2D eigenvalue weighted by Gasteiger charge is 2.53. The zero-order valence-electron chi connectivity index (χ0n) is 17.3. The number of nitrogens with one attached hydrogen (secondary N) is 1. The van der Waals surface area contributed by atoms with E-state index in [1.54, 1.807) is 0 Å². The molecule has 2 unspecified atom stereocenters. The smallest absolute Gasteiger partial charge is 0.224 e. The minimum Gasteiger partial charge on any atom is -0.326 e. The van der Waals surface area contributed by atoms with E-state index in [9.17, 15) is 10.1 Å². The lowest BCUT2D eigenvalue weighted by molar-refractivity contribution is -0.116. The van der Waals surface area contributed by atoms with Crippen LogP contribution in [0.2, 0.25) is 0 Å². The number of amides is 1. The highest BCUT2D eigenvalue weighted by Crippen LogP contribution is 2.56. The van der Waals surface area contributed by atoms with Crippen molar-refractivity contribution in [3.05, 3.63) is 59.7 Å². The summed E-state index contributed by atoms with van der Waals surface area (Å²) in [6.07, 6.45) is 4.21. The molecule has 2 aromatic carbocycles. The second-order valence-electron chi connectivity index (χ2n) is 8.81. The molecule has 0 spiro atoms. The minimum atomic E-state index is -0.457. The predicted octanol–water partition coefficient (Wildman–Crippen LogP) is 4.53. The van der Waals surface area contributed by atoms with Crippen LogP contribution in [0, 0.1) is 11.3 Å². The van der Waals surface area contributed by atoms with E-state index < -0.39 is 5.41 Å². The minimum absolute atomic E-state index is 0.0158. The number of benzene rings is 2. The van der Waals surface area contributed by atoms with Gasteiger partial charge >= 0.3 is 0 Å². The molecule has 1 aliphatic carbocycles. The molecule has 1 fully saturated rings. The maximum Gasteiger partial charge on any atom is 0.224 e. The SMILES string of the molecule is CN1CCCC2c3cccc4c3C(CCC(=O)Nc3ccccc3)(C[C@H]21)C(C#N)=N4. The quantitative estimate of drug-likeness (QED) is 0.822. The van der Waals surface area contributed by atoms with Crippen molar-refractivity contribution in [1.29, 1.82) is 5.26 Å². The van der Waals surface area contributed by atoms with E-state index in [2.05, 4.69) is 35.5 Å². The molecular weight excluding hydrogens is 372 g/mol. The van der Waals surface area contributed by atoms with E-state index in [0.29, 0.717) is 30.5 Å². The molecule has 0 aromatic heterocycles. The summed E-state index contributed by atoms with van der Waals surface area (Å²) in [5.74, 6) is 0.469. The topological polar surface area (TPSA) is 68.5 Å². The van der Waals surface area contributed by atoms with Crippen LogP contribution in [0.3, 0.4) is 0 Å². The number of carbonyl (C=O) groups excluding carboxylic acids is 1. The number of nitrogens with zero attached hydrogens (tertiary/aromatic N) is 3. The van der Waals surface area contributed by atoms with Crippen LogP contribution in [0.25, 0.3) is 0 Å². The molecule has 2 aliphatic heterocycles. The van der Waals surface area contributed by atoms with Crippen molar-refractivity contribution >= 4 is 23.0 Å². The van der Waals surface area contributed by atoms with Gasteiger partial charge in [-0.1, -0.05) is 30.3 Å². The molecule has 1 amide bonds. The van der Waals surface area contributed by atoms with Crippen LogP contribution < -0.4 is 5.32 Å². The van der Waals surface area contributed by atoms with Crippen LogP contribution in [0.5, 0.6) is 0 Å². The number of nitriles is 1. The molecular formula is C25H26N4O. The van der Waals surface area contributed by atoms with E-state index in [0.717, 1.165) is 24.3 Å². The average molecular weight is 399 g/mol. The fourth-order valence-corrected chi connectivity index (χ4v) is 5.82. The Balaban J connectivity index is 1.49. The zero-order valence-corrected chi connectivity index (χ0v) is 17.3. The van der Waals surface area contributed by atoms with Crippen LogP contribution in [-0.4, -0.2) is 36.2 Å². The third-order valence-corrected chi connectivity index (χ3v) is 7.19. The van der Waals surface area contributed by atoms with Gasteiger partial charge in [-0.3, -0.25) is 4.79 Å². The van der Waals surface area contributed by atoms with Gasteiger partial charge in [0, 0.05) is 18.2 Å². The third-order valence-electron chi connectivity index (χ3n) is 7.19. The number of aliphatic imine (C=N–C) groups is 1. The second-order valence-corrected chi connectivity index (χ2v) is 8.81. The van der Waals surface area contributed by atoms with Gasteiger partial charge in [0.25, 0.3) is 0 Å². The Morgan fingerprint density at radius 1 is 1.27 bits per heavy atom. The number of carbonyl (C=O) groups is 1. The van der Waals surface area contributed by atoms with Gasteiger partial charge < -0.3 is 10.2 Å². The summed E-state index contributed by atoms with van der Waals surface area (Å²) < 4.78 is 0. The van der Waals surface area contributed by atoms with Crippen LogP contribution in [0.1, 0.15) is 49.1 Å². The second kappa shape index (κ2) is 7.37. The summed E-state index contributed by atoms with van der Waals surface area (Å²) >= 11 is 0. The molecule has 5 rings (SSSR count). The number of likely N-dealkylation sites (tertiary alicyclic amines) is 1. The lowest BCUT2D eigenvalue weighted by atomic mass is 9.59. The Kier molecular flexibility index (Phi) is 4.67. The maximum atomic E-state index is 12.7. The summed E-state index contributed by atoms with van der Waals surface area (Å²) in [5, 5.41) is 13.0. The first-order valence-electron chi connectivity index (χ1n) is 10.8. The summed E-state index contributed by atoms with van der Waals surface area (Å²) in [6.45, 7) is 1.08. The van der Waals surface area contributed by atoms with Crippen molar-refractivity contribution in [3.63, 3.8) is 0 Å². The molecule has 30 heavy (non-hydrogen) atoms. The monoisotopic (exact) mass is 398 g/mol. The first-order chi connectivity index (χ1) is 14.6. The molecule has 3 atom stereocenters. The normalized spacial score (nSPS) is 26.9. The molecule has 5 nitrogen and oxygen atoms in total. The maximum absolute atomic E-state index is 12.7. The third kappa shape index (κ3) is 2.95. The standard InChI is InChI=1S/C25H26N4O/c1-29-14-6-10-18-19-9-5-11-20-24(19)25(15-21(18)29,22(16-26)28-20)13-12-23(30)27-17-7-3-2-4-8-17/h2-5,7-9,11,18,21H,6,10,12-15H2,1H3,(H,27,30)/t18?,21-,25?/m1/s1. The van der Waals surface area contributed by atoms with Crippen molar-refractivity contribution in [2.45, 2.75) is 49.5 Å². The van der Waals surface area contributed by atoms with E-state index in [1.165, 1.54) is 24.0 Å². The van der Waals surface area contributed by atoms with Crippen molar-refractivity contribution < 1.29 is 4.79 Å². The number of piperidine rings is 1. The molecule has 2 heterocycles. The predicted molar refractivity (Wildman–Crippen MR) is 118 cm³/mol. The van der Waals surface area contributed by atoms with Crippen molar-refractivity contribution in [1.82, 2.24) is 4.90 Å². The fraction of sp³-hybridized carbons (Fsp3) is 0.400. The van der Waals surface area contributed by atoms with E-state index in [1.807, 2.05) is 36.4 Å². The van der Waals surface area contributed by atoms with Crippen molar-refractivity contribution in [3.8, 4) is 6.07 Å². The van der Waals surface area contributed by atoms with Crippen LogP contribution in [-0.2, 0) is 10.2 Å². The van der Waals surface area contributed by atoms with E-state index in [-0.39, 0.29) is 5.91 Å². The zero-order chi connectivity index (χ0) is 20.7. The molecule has 1 saturated heterocycles. The molecule has 152 valence electrons.